The Morgan fingerprint density at radius 1 is 1.17 bits per heavy atom. The summed E-state index contributed by atoms with van der Waals surface area (Å²) < 4.78 is 27.4. The van der Waals surface area contributed by atoms with Gasteiger partial charge in [0.2, 0.25) is 10.0 Å². The van der Waals surface area contributed by atoms with Gasteiger partial charge in [-0.15, -0.1) is 24.2 Å². The number of hydrogen-bond donors (Lipinski definition) is 2. The maximum Gasteiger partial charge on any atom is 0.240 e. The number of sulfonamides is 1. The molecular formula is C16H18Cl2N2O2S2. The van der Waals surface area contributed by atoms with Crippen LogP contribution in [0.4, 0.5) is 0 Å². The van der Waals surface area contributed by atoms with E-state index in [2.05, 4.69) is 10.0 Å². The average molecular weight is 405 g/mol. The van der Waals surface area contributed by atoms with Crippen LogP contribution in [0.3, 0.4) is 0 Å². The minimum absolute atomic E-state index is 0. The summed E-state index contributed by atoms with van der Waals surface area (Å²) >= 11 is 7.58. The fourth-order valence-electron chi connectivity index (χ4n) is 2.53. The topological polar surface area (TPSA) is 58.2 Å². The summed E-state index contributed by atoms with van der Waals surface area (Å²) in [4.78, 5) is 1.04. The third-order valence-electron chi connectivity index (χ3n) is 3.80. The summed E-state index contributed by atoms with van der Waals surface area (Å²) in [6.07, 6.45) is 1.90. The third kappa shape index (κ3) is 4.25. The highest BCUT2D eigenvalue weighted by molar-refractivity contribution is 7.98. The molecule has 2 aromatic carbocycles. The quantitative estimate of drug-likeness (QED) is 0.747. The monoisotopic (exact) mass is 404 g/mol. The number of fused-ring (bicyclic) bond motifs is 1. The van der Waals surface area contributed by atoms with Crippen molar-refractivity contribution in [1.82, 2.24) is 10.0 Å². The van der Waals surface area contributed by atoms with Crippen molar-refractivity contribution < 1.29 is 8.42 Å². The van der Waals surface area contributed by atoms with Gasteiger partial charge in [0.25, 0.3) is 0 Å². The molecule has 8 heteroatoms. The van der Waals surface area contributed by atoms with Crippen molar-refractivity contribution in [3.05, 3.63) is 58.1 Å². The van der Waals surface area contributed by atoms with Gasteiger partial charge >= 0.3 is 0 Å². The molecule has 0 aliphatic carbocycles. The van der Waals surface area contributed by atoms with Gasteiger partial charge in [0.1, 0.15) is 0 Å². The molecule has 2 N–H and O–H groups in total. The van der Waals surface area contributed by atoms with E-state index in [-0.39, 0.29) is 23.8 Å². The predicted molar refractivity (Wildman–Crippen MR) is 101 cm³/mol. The molecule has 24 heavy (non-hydrogen) atoms. The van der Waals surface area contributed by atoms with Gasteiger partial charge in [-0.2, -0.15) is 0 Å². The van der Waals surface area contributed by atoms with Crippen molar-refractivity contribution >= 4 is 45.8 Å². The number of hydrogen-bond acceptors (Lipinski definition) is 4. The molecule has 2 aromatic rings. The average Bonchev–Trinajstić information content (AvgIpc) is 3.00. The van der Waals surface area contributed by atoms with E-state index in [1.54, 1.807) is 12.1 Å². The molecule has 0 atom stereocenters. The van der Waals surface area contributed by atoms with Crippen molar-refractivity contribution in [2.24, 2.45) is 0 Å². The molecular weight excluding hydrogens is 387 g/mol. The van der Waals surface area contributed by atoms with Crippen LogP contribution in [0.2, 0.25) is 5.02 Å². The van der Waals surface area contributed by atoms with Crippen LogP contribution in [0.5, 0.6) is 0 Å². The van der Waals surface area contributed by atoms with Gasteiger partial charge in [-0.3, -0.25) is 0 Å². The minimum atomic E-state index is -3.58. The molecule has 3 rings (SSSR count). The molecule has 0 aromatic heterocycles. The van der Waals surface area contributed by atoms with E-state index in [0.29, 0.717) is 5.02 Å². The molecule has 130 valence electrons. The van der Waals surface area contributed by atoms with E-state index in [1.807, 2.05) is 24.5 Å². The Bertz CT molecular complexity index is 842. The first kappa shape index (κ1) is 19.6. The van der Waals surface area contributed by atoms with Crippen molar-refractivity contribution in [2.45, 2.75) is 29.4 Å². The second-order valence-electron chi connectivity index (χ2n) is 5.33. The van der Waals surface area contributed by atoms with Crippen LogP contribution < -0.4 is 10.0 Å². The van der Waals surface area contributed by atoms with Gasteiger partial charge in [0.05, 0.1) is 9.92 Å². The molecule has 0 saturated heterocycles. The lowest BCUT2D eigenvalue weighted by atomic mass is 10.1. The van der Waals surface area contributed by atoms with Gasteiger partial charge in [0.15, 0.2) is 0 Å². The summed E-state index contributed by atoms with van der Waals surface area (Å²) in [6, 6.07) is 10.8. The molecule has 0 bridgehead atoms. The van der Waals surface area contributed by atoms with Gasteiger partial charge in [-0.05, 0) is 41.1 Å². The molecule has 1 heterocycles. The van der Waals surface area contributed by atoms with Crippen LogP contribution >= 0.6 is 35.8 Å². The molecule has 1 aliphatic rings. The van der Waals surface area contributed by atoms with E-state index in [0.717, 1.165) is 23.5 Å². The summed E-state index contributed by atoms with van der Waals surface area (Å²) in [6.45, 7) is 1.97. The highest BCUT2D eigenvalue weighted by Gasteiger charge is 2.16. The van der Waals surface area contributed by atoms with Gasteiger partial charge in [-0.25, -0.2) is 13.1 Å². The Morgan fingerprint density at radius 2 is 1.92 bits per heavy atom. The zero-order chi connectivity index (χ0) is 16.4. The minimum Gasteiger partial charge on any atom is -0.309 e. The van der Waals surface area contributed by atoms with Gasteiger partial charge in [-0.1, -0.05) is 29.8 Å². The van der Waals surface area contributed by atoms with Crippen molar-refractivity contribution in [2.75, 3.05) is 6.26 Å². The lowest BCUT2D eigenvalue weighted by Gasteiger charge is -2.09. The summed E-state index contributed by atoms with van der Waals surface area (Å²) in [5.41, 5.74) is 3.45. The zero-order valence-corrected chi connectivity index (χ0v) is 16.2. The van der Waals surface area contributed by atoms with Gasteiger partial charge < -0.3 is 5.32 Å². The molecule has 0 spiro atoms. The lowest BCUT2D eigenvalue weighted by Crippen LogP contribution is -2.23. The molecule has 0 fully saturated rings. The normalized spacial score (nSPS) is 13.4. The first-order valence-corrected chi connectivity index (χ1v) is 10.2. The number of nitrogens with one attached hydrogen (secondary N) is 2. The molecule has 0 saturated carbocycles. The maximum atomic E-state index is 12.4. The molecule has 0 amide bonds. The van der Waals surface area contributed by atoms with Crippen LogP contribution in [0.15, 0.2) is 46.2 Å². The highest BCUT2D eigenvalue weighted by Crippen LogP contribution is 2.27. The van der Waals surface area contributed by atoms with Crippen molar-refractivity contribution in [1.29, 1.82) is 0 Å². The fraction of sp³-hybridized carbons (Fsp3) is 0.250. The number of thioether (sulfide) groups is 1. The number of halogens is 2. The Kier molecular flexibility index (Phi) is 6.59. The lowest BCUT2D eigenvalue weighted by molar-refractivity contribution is 0.581. The first-order chi connectivity index (χ1) is 11.0. The SMILES string of the molecule is CSc1ccc(S(=O)(=O)NCc2ccc3c(c2)CNC3)cc1Cl.Cl. The third-order valence-corrected chi connectivity index (χ3v) is 6.42. The maximum absolute atomic E-state index is 12.4. The molecule has 1 aliphatic heterocycles. The van der Waals surface area contributed by atoms with E-state index in [9.17, 15) is 8.42 Å². The fourth-order valence-corrected chi connectivity index (χ4v) is 4.51. The summed E-state index contributed by atoms with van der Waals surface area (Å²) in [5.74, 6) is 0. The number of benzene rings is 2. The standard InChI is InChI=1S/C16H17ClN2O2S2.ClH/c1-22-16-5-4-14(7-15(16)17)23(20,21)19-8-11-2-3-12-9-18-10-13(12)6-11;/h2-7,18-19H,8-10H2,1H3;1H. The second-order valence-corrected chi connectivity index (χ2v) is 8.35. The van der Waals surface area contributed by atoms with E-state index >= 15 is 0 Å². The van der Waals surface area contributed by atoms with E-state index in [1.165, 1.54) is 29.0 Å². The van der Waals surface area contributed by atoms with Crippen LogP contribution in [-0.2, 0) is 29.7 Å². The van der Waals surface area contributed by atoms with Crippen LogP contribution in [-0.4, -0.2) is 14.7 Å². The number of rotatable bonds is 5. The molecule has 0 unspecified atom stereocenters. The second kappa shape index (κ2) is 8.08. The van der Waals surface area contributed by atoms with Crippen LogP contribution in [0.25, 0.3) is 0 Å². The Morgan fingerprint density at radius 3 is 2.62 bits per heavy atom. The zero-order valence-electron chi connectivity index (χ0n) is 13.0. The summed E-state index contributed by atoms with van der Waals surface area (Å²) in [7, 11) is -3.58. The molecule has 4 nitrogen and oxygen atoms in total. The Labute approximate surface area is 157 Å². The van der Waals surface area contributed by atoms with Crippen LogP contribution in [0, 0.1) is 0 Å². The summed E-state index contributed by atoms with van der Waals surface area (Å²) in [5, 5.41) is 3.72. The van der Waals surface area contributed by atoms with Crippen LogP contribution in [0.1, 0.15) is 16.7 Å². The predicted octanol–water partition coefficient (Wildman–Crippen LogP) is 3.57. The first-order valence-electron chi connectivity index (χ1n) is 7.14. The largest absolute Gasteiger partial charge is 0.309 e. The Hall–Kier alpha value is -0.760. The smallest absolute Gasteiger partial charge is 0.240 e. The van der Waals surface area contributed by atoms with Crippen molar-refractivity contribution in [3.63, 3.8) is 0 Å². The Balaban J connectivity index is 0.00000208. The molecule has 0 radical (unpaired) electrons. The van der Waals surface area contributed by atoms with E-state index in [4.69, 9.17) is 11.6 Å². The van der Waals surface area contributed by atoms with Crippen molar-refractivity contribution in [3.8, 4) is 0 Å². The van der Waals surface area contributed by atoms with E-state index < -0.39 is 10.0 Å². The van der Waals surface area contributed by atoms with Gasteiger partial charge in [0, 0.05) is 24.5 Å². The highest BCUT2D eigenvalue weighted by atomic mass is 35.5.